The Kier molecular flexibility index (Phi) is 5.75. The highest BCUT2D eigenvalue weighted by molar-refractivity contribution is 5.96. The zero-order valence-corrected chi connectivity index (χ0v) is 18.2. The van der Waals surface area contributed by atoms with Crippen LogP contribution in [0.4, 0.5) is 5.69 Å². The molecule has 1 fully saturated rings. The molecule has 1 aliphatic carbocycles. The van der Waals surface area contributed by atoms with Crippen molar-refractivity contribution in [2.45, 2.75) is 51.7 Å². The molecule has 32 heavy (non-hydrogen) atoms. The predicted molar refractivity (Wildman–Crippen MR) is 123 cm³/mol. The van der Waals surface area contributed by atoms with Gasteiger partial charge in [-0.15, -0.1) is 0 Å². The molecule has 6 nitrogen and oxygen atoms in total. The largest absolute Gasteiger partial charge is 0.347 e. The van der Waals surface area contributed by atoms with Crippen LogP contribution in [0, 0.1) is 5.92 Å². The molecule has 164 valence electrons. The Morgan fingerprint density at radius 1 is 0.969 bits per heavy atom. The minimum Gasteiger partial charge on any atom is -0.347 e. The molecule has 2 amide bonds. The van der Waals surface area contributed by atoms with E-state index < -0.39 is 0 Å². The van der Waals surface area contributed by atoms with E-state index in [1.165, 1.54) is 6.42 Å². The van der Waals surface area contributed by atoms with Gasteiger partial charge in [0.25, 0.3) is 5.91 Å². The maximum absolute atomic E-state index is 13.5. The van der Waals surface area contributed by atoms with Gasteiger partial charge in [-0.05, 0) is 48.2 Å². The first kappa shape index (κ1) is 20.5. The number of carbonyl (C=O) groups excluding carboxylic acids is 2. The Balaban J connectivity index is 1.42. The maximum Gasteiger partial charge on any atom is 0.268 e. The van der Waals surface area contributed by atoms with Crippen LogP contribution in [0.15, 0.2) is 60.9 Å². The van der Waals surface area contributed by atoms with Crippen molar-refractivity contribution in [2.24, 2.45) is 5.92 Å². The van der Waals surface area contributed by atoms with Crippen LogP contribution >= 0.6 is 0 Å². The molecule has 0 spiro atoms. The van der Waals surface area contributed by atoms with Crippen molar-refractivity contribution in [3.05, 3.63) is 83.4 Å². The van der Waals surface area contributed by atoms with Crippen molar-refractivity contribution in [3.8, 4) is 0 Å². The van der Waals surface area contributed by atoms with Crippen LogP contribution < -0.4 is 10.2 Å². The fourth-order valence-corrected chi connectivity index (χ4v) is 4.90. The van der Waals surface area contributed by atoms with E-state index in [9.17, 15) is 9.59 Å². The second-order valence-corrected chi connectivity index (χ2v) is 8.73. The summed E-state index contributed by atoms with van der Waals surface area (Å²) in [6.45, 7) is 1.49. The monoisotopic (exact) mass is 428 g/mol. The number of nitrogens with zero attached hydrogens (tertiary/aromatic N) is 3. The van der Waals surface area contributed by atoms with Gasteiger partial charge in [0.05, 0.1) is 13.1 Å². The van der Waals surface area contributed by atoms with Crippen LogP contribution in [0.2, 0.25) is 0 Å². The second-order valence-electron chi connectivity index (χ2n) is 8.73. The Bertz CT molecular complexity index is 1120. The average Bonchev–Trinajstić information content (AvgIpc) is 3.16. The number of anilines is 1. The van der Waals surface area contributed by atoms with E-state index in [1.807, 2.05) is 51.9 Å². The lowest BCUT2D eigenvalue weighted by atomic mass is 9.88. The van der Waals surface area contributed by atoms with E-state index in [0.29, 0.717) is 25.3 Å². The van der Waals surface area contributed by atoms with Crippen molar-refractivity contribution in [1.29, 1.82) is 0 Å². The summed E-state index contributed by atoms with van der Waals surface area (Å²) < 4.78 is 2.05. The lowest BCUT2D eigenvalue weighted by Crippen LogP contribution is -2.36. The number of carbonyl (C=O) groups is 2. The highest BCUT2D eigenvalue weighted by Crippen LogP contribution is 2.33. The molecule has 0 saturated heterocycles. The highest BCUT2D eigenvalue weighted by atomic mass is 16.2. The molecule has 2 aliphatic rings. The van der Waals surface area contributed by atoms with Crippen molar-refractivity contribution < 1.29 is 9.59 Å². The number of hydrogen-bond acceptors (Lipinski definition) is 3. The summed E-state index contributed by atoms with van der Waals surface area (Å²) in [5.41, 5.74) is 4.59. The van der Waals surface area contributed by atoms with Gasteiger partial charge in [-0.3, -0.25) is 14.6 Å². The molecule has 0 unspecified atom stereocenters. The Labute approximate surface area is 188 Å². The van der Waals surface area contributed by atoms with Gasteiger partial charge in [0.2, 0.25) is 5.91 Å². The van der Waals surface area contributed by atoms with Gasteiger partial charge in [-0.25, -0.2) is 0 Å². The number of fused-ring (bicyclic) bond motifs is 2. The first-order chi connectivity index (χ1) is 15.7. The fraction of sp³-hybridized carbons (Fsp3) is 0.346. The highest BCUT2D eigenvalue weighted by Gasteiger charge is 2.31. The van der Waals surface area contributed by atoms with Crippen LogP contribution in [0.5, 0.6) is 0 Å². The Morgan fingerprint density at radius 3 is 2.62 bits per heavy atom. The molecule has 0 atom stereocenters. The van der Waals surface area contributed by atoms with Crippen molar-refractivity contribution in [3.63, 3.8) is 0 Å². The molecule has 0 radical (unpaired) electrons. The quantitative estimate of drug-likeness (QED) is 0.674. The minimum atomic E-state index is -0.121. The van der Waals surface area contributed by atoms with E-state index in [1.54, 1.807) is 12.4 Å². The van der Waals surface area contributed by atoms with Gasteiger partial charge in [-0.2, -0.15) is 0 Å². The predicted octanol–water partition coefficient (Wildman–Crippen LogP) is 4.29. The first-order valence-electron chi connectivity index (χ1n) is 11.5. The Morgan fingerprint density at radius 2 is 1.81 bits per heavy atom. The summed E-state index contributed by atoms with van der Waals surface area (Å²) in [5.74, 6) is 0.194. The van der Waals surface area contributed by atoms with Gasteiger partial charge >= 0.3 is 0 Å². The molecule has 2 aromatic heterocycles. The SMILES string of the molecule is O=C(NCc1cccnc1)c1ccc2n1Cc1ccccc1N(C(=O)C1CCCCC1)C2. The lowest BCUT2D eigenvalue weighted by Gasteiger charge is -2.29. The molecule has 3 aromatic rings. The summed E-state index contributed by atoms with van der Waals surface area (Å²) in [4.78, 5) is 32.6. The molecule has 1 aliphatic heterocycles. The smallest absolute Gasteiger partial charge is 0.268 e. The zero-order chi connectivity index (χ0) is 21.9. The van der Waals surface area contributed by atoms with Crippen LogP contribution in [0.3, 0.4) is 0 Å². The molecule has 1 saturated carbocycles. The van der Waals surface area contributed by atoms with Gasteiger partial charge in [0, 0.05) is 36.2 Å². The molecule has 6 heteroatoms. The lowest BCUT2D eigenvalue weighted by molar-refractivity contribution is -0.123. The molecule has 5 rings (SSSR count). The number of nitrogens with one attached hydrogen (secondary N) is 1. The van der Waals surface area contributed by atoms with Crippen molar-refractivity contribution >= 4 is 17.5 Å². The summed E-state index contributed by atoms with van der Waals surface area (Å²) in [6, 6.07) is 15.7. The van der Waals surface area contributed by atoms with E-state index in [0.717, 1.165) is 48.2 Å². The van der Waals surface area contributed by atoms with Crippen molar-refractivity contribution in [2.75, 3.05) is 4.90 Å². The van der Waals surface area contributed by atoms with Crippen LogP contribution in [-0.2, 0) is 24.4 Å². The summed E-state index contributed by atoms with van der Waals surface area (Å²) in [7, 11) is 0. The summed E-state index contributed by atoms with van der Waals surface area (Å²) in [5, 5.41) is 3.00. The number of hydrogen-bond donors (Lipinski definition) is 1. The number of pyridine rings is 1. The van der Waals surface area contributed by atoms with Gasteiger partial charge in [-0.1, -0.05) is 43.5 Å². The first-order valence-corrected chi connectivity index (χ1v) is 11.5. The van der Waals surface area contributed by atoms with E-state index >= 15 is 0 Å². The number of para-hydroxylation sites is 1. The van der Waals surface area contributed by atoms with Gasteiger partial charge in [0.15, 0.2) is 0 Å². The number of aromatic nitrogens is 2. The summed E-state index contributed by atoms with van der Waals surface area (Å²) >= 11 is 0. The molecule has 3 heterocycles. The van der Waals surface area contributed by atoms with Crippen molar-refractivity contribution in [1.82, 2.24) is 14.9 Å². The minimum absolute atomic E-state index is 0.0977. The van der Waals surface area contributed by atoms with E-state index in [4.69, 9.17) is 0 Å². The number of benzene rings is 1. The van der Waals surface area contributed by atoms with E-state index in [2.05, 4.69) is 16.4 Å². The molecule has 1 aromatic carbocycles. The zero-order valence-electron chi connectivity index (χ0n) is 18.2. The molecular formula is C26H28N4O2. The van der Waals surface area contributed by atoms with Gasteiger partial charge < -0.3 is 14.8 Å². The van der Waals surface area contributed by atoms with Crippen LogP contribution in [0.25, 0.3) is 0 Å². The Hall–Kier alpha value is -3.41. The standard InChI is InChI=1S/C26H28N4O2/c31-25(28-16-19-7-6-14-27-15-19)24-13-12-22-18-30(26(32)20-8-2-1-3-9-20)23-11-5-4-10-21(23)17-29(22)24/h4-7,10-15,20H,1-3,8-9,16-18H2,(H,28,31). The fourth-order valence-electron chi connectivity index (χ4n) is 4.90. The number of amides is 2. The van der Waals surface area contributed by atoms with Gasteiger partial charge in [0.1, 0.15) is 5.69 Å². The topological polar surface area (TPSA) is 67.2 Å². The maximum atomic E-state index is 13.5. The molecular weight excluding hydrogens is 400 g/mol. The second kappa shape index (κ2) is 8.99. The van der Waals surface area contributed by atoms with Crippen LogP contribution in [-0.4, -0.2) is 21.4 Å². The van der Waals surface area contributed by atoms with Crippen LogP contribution in [0.1, 0.15) is 59.4 Å². The third-order valence-electron chi connectivity index (χ3n) is 6.63. The number of rotatable bonds is 4. The third kappa shape index (κ3) is 4.05. The average molecular weight is 429 g/mol. The molecule has 1 N–H and O–H groups in total. The normalized spacial score (nSPS) is 16.1. The summed E-state index contributed by atoms with van der Waals surface area (Å²) in [6.07, 6.45) is 8.90. The third-order valence-corrected chi connectivity index (χ3v) is 6.63. The van der Waals surface area contributed by atoms with E-state index in [-0.39, 0.29) is 17.7 Å². The molecule has 0 bridgehead atoms.